The summed E-state index contributed by atoms with van der Waals surface area (Å²) in [6.07, 6.45) is 0. The van der Waals surface area contributed by atoms with Gasteiger partial charge in [0.05, 0.1) is 13.2 Å². The van der Waals surface area contributed by atoms with Gasteiger partial charge in [0.25, 0.3) is 0 Å². The fraction of sp³-hybridized carbons (Fsp3) is 1.00. The molecule has 0 bridgehead atoms. The summed E-state index contributed by atoms with van der Waals surface area (Å²) in [6, 6.07) is 0. The maximum absolute atomic E-state index is 5.74. The van der Waals surface area contributed by atoms with Gasteiger partial charge in [0.15, 0.2) is 0 Å². The number of rotatable bonds is 4. The standard InChI is InChI=1S/C15H32N2O/c1-14(2,3)13-18-12-11-16-7-9-17(10-8-16)15(4,5)6/h7-13H2,1-6H3. The van der Waals surface area contributed by atoms with E-state index in [1.165, 1.54) is 26.2 Å². The van der Waals surface area contributed by atoms with Crippen LogP contribution in [0, 0.1) is 5.41 Å². The van der Waals surface area contributed by atoms with Crippen molar-refractivity contribution in [1.82, 2.24) is 9.80 Å². The summed E-state index contributed by atoms with van der Waals surface area (Å²) in [7, 11) is 0. The van der Waals surface area contributed by atoms with Gasteiger partial charge < -0.3 is 4.74 Å². The van der Waals surface area contributed by atoms with Gasteiger partial charge in [-0.05, 0) is 26.2 Å². The summed E-state index contributed by atoms with van der Waals surface area (Å²) >= 11 is 0. The quantitative estimate of drug-likeness (QED) is 0.719. The van der Waals surface area contributed by atoms with Crippen molar-refractivity contribution in [3.05, 3.63) is 0 Å². The Labute approximate surface area is 113 Å². The third-order valence-electron chi connectivity index (χ3n) is 3.41. The molecule has 0 amide bonds. The van der Waals surface area contributed by atoms with E-state index in [-0.39, 0.29) is 5.41 Å². The first-order valence-electron chi connectivity index (χ1n) is 7.24. The van der Waals surface area contributed by atoms with Crippen LogP contribution in [-0.4, -0.2) is 61.3 Å². The molecule has 0 aromatic heterocycles. The van der Waals surface area contributed by atoms with Crippen LogP contribution >= 0.6 is 0 Å². The highest BCUT2D eigenvalue weighted by atomic mass is 16.5. The van der Waals surface area contributed by atoms with Crippen molar-refractivity contribution < 1.29 is 4.74 Å². The minimum absolute atomic E-state index is 0.283. The van der Waals surface area contributed by atoms with Crippen LogP contribution in [0.25, 0.3) is 0 Å². The maximum atomic E-state index is 5.74. The molecule has 0 unspecified atom stereocenters. The lowest BCUT2D eigenvalue weighted by atomic mass is 9.99. The molecule has 0 N–H and O–H groups in total. The Balaban J connectivity index is 2.13. The molecule has 108 valence electrons. The van der Waals surface area contributed by atoms with Crippen molar-refractivity contribution in [2.45, 2.75) is 47.1 Å². The monoisotopic (exact) mass is 256 g/mol. The van der Waals surface area contributed by atoms with Crippen LogP contribution in [0.15, 0.2) is 0 Å². The topological polar surface area (TPSA) is 15.7 Å². The zero-order valence-electron chi connectivity index (χ0n) is 13.3. The first-order chi connectivity index (χ1) is 8.18. The first kappa shape index (κ1) is 15.9. The van der Waals surface area contributed by atoms with Crippen molar-refractivity contribution in [3.8, 4) is 0 Å². The maximum Gasteiger partial charge on any atom is 0.0593 e. The molecule has 1 aliphatic rings. The SMILES string of the molecule is CC(C)(C)COCCN1CCN(C(C)(C)C)CC1. The van der Waals surface area contributed by atoms with Crippen molar-refractivity contribution in [3.63, 3.8) is 0 Å². The Kier molecular flexibility index (Phi) is 5.63. The van der Waals surface area contributed by atoms with Crippen LogP contribution in [0.5, 0.6) is 0 Å². The third kappa shape index (κ3) is 6.17. The zero-order valence-corrected chi connectivity index (χ0v) is 13.3. The summed E-state index contributed by atoms with van der Waals surface area (Å²) in [4.78, 5) is 5.09. The number of hydrogen-bond acceptors (Lipinski definition) is 3. The number of hydrogen-bond donors (Lipinski definition) is 0. The smallest absolute Gasteiger partial charge is 0.0593 e. The Morgan fingerprint density at radius 1 is 0.889 bits per heavy atom. The van der Waals surface area contributed by atoms with Gasteiger partial charge in [-0.1, -0.05) is 20.8 Å². The zero-order chi connectivity index (χ0) is 13.8. The lowest BCUT2D eigenvalue weighted by Crippen LogP contribution is -2.53. The molecule has 0 aromatic carbocycles. The Morgan fingerprint density at radius 2 is 1.44 bits per heavy atom. The van der Waals surface area contributed by atoms with Crippen LogP contribution in [0.1, 0.15) is 41.5 Å². The molecule has 18 heavy (non-hydrogen) atoms. The predicted octanol–water partition coefficient (Wildman–Crippen LogP) is 2.47. The second-order valence-electron chi connectivity index (χ2n) is 7.61. The van der Waals surface area contributed by atoms with E-state index in [0.29, 0.717) is 5.54 Å². The van der Waals surface area contributed by atoms with Gasteiger partial charge in [0, 0.05) is 38.3 Å². The predicted molar refractivity (Wildman–Crippen MR) is 78.0 cm³/mol. The Bertz CT molecular complexity index is 232. The molecule has 0 saturated carbocycles. The highest BCUT2D eigenvalue weighted by Crippen LogP contribution is 2.16. The van der Waals surface area contributed by atoms with Crippen LogP contribution in [0.4, 0.5) is 0 Å². The molecule has 1 rings (SSSR count). The van der Waals surface area contributed by atoms with Gasteiger partial charge in [0.1, 0.15) is 0 Å². The Hall–Kier alpha value is -0.120. The molecule has 1 fully saturated rings. The number of nitrogens with zero attached hydrogens (tertiary/aromatic N) is 2. The van der Waals surface area contributed by atoms with Crippen molar-refractivity contribution in [2.24, 2.45) is 5.41 Å². The van der Waals surface area contributed by atoms with Crippen molar-refractivity contribution in [1.29, 1.82) is 0 Å². The van der Waals surface area contributed by atoms with E-state index in [1.807, 2.05) is 0 Å². The van der Waals surface area contributed by atoms with Gasteiger partial charge in [-0.15, -0.1) is 0 Å². The molecule has 0 spiro atoms. The van der Waals surface area contributed by atoms with E-state index >= 15 is 0 Å². The van der Waals surface area contributed by atoms with E-state index < -0.39 is 0 Å². The fourth-order valence-electron chi connectivity index (χ4n) is 2.21. The first-order valence-corrected chi connectivity index (χ1v) is 7.24. The molecule has 0 atom stereocenters. The van der Waals surface area contributed by atoms with Gasteiger partial charge >= 0.3 is 0 Å². The van der Waals surface area contributed by atoms with E-state index in [2.05, 4.69) is 51.3 Å². The highest BCUT2D eigenvalue weighted by molar-refractivity contribution is 4.81. The normalized spacial score (nSPS) is 20.3. The molecular formula is C15H32N2O. The molecule has 1 heterocycles. The van der Waals surface area contributed by atoms with E-state index in [9.17, 15) is 0 Å². The molecule has 3 nitrogen and oxygen atoms in total. The largest absolute Gasteiger partial charge is 0.380 e. The minimum atomic E-state index is 0.283. The molecule has 1 aliphatic heterocycles. The van der Waals surface area contributed by atoms with Crippen LogP contribution in [-0.2, 0) is 4.74 Å². The second kappa shape index (κ2) is 6.36. The number of piperazine rings is 1. The number of ether oxygens (including phenoxy) is 1. The van der Waals surface area contributed by atoms with Gasteiger partial charge in [-0.25, -0.2) is 0 Å². The summed E-state index contributed by atoms with van der Waals surface area (Å²) in [5.41, 5.74) is 0.597. The molecular weight excluding hydrogens is 224 g/mol. The Morgan fingerprint density at radius 3 is 1.89 bits per heavy atom. The summed E-state index contributed by atoms with van der Waals surface area (Å²) < 4.78 is 5.74. The van der Waals surface area contributed by atoms with Crippen molar-refractivity contribution >= 4 is 0 Å². The highest BCUT2D eigenvalue weighted by Gasteiger charge is 2.25. The molecule has 3 heteroatoms. The van der Waals surface area contributed by atoms with E-state index in [1.54, 1.807) is 0 Å². The van der Waals surface area contributed by atoms with E-state index in [4.69, 9.17) is 4.74 Å². The average molecular weight is 256 g/mol. The molecule has 0 radical (unpaired) electrons. The van der Waals surface area contributed by atoms with Crippen molar-refractivity contribution in [2.75, 3.05) is 45.9 Å². The van der Waals surface area contributed by atoms with Gasteiger partial charge in [-0.3, -0.25) is 9.80 Å². The van der Waals surface area contributed by atoms with Crippen LogP contribution < -0.4 is 0 Å². The second-order valence-corrected chi connectivity index (χ2v) is 7.61. The molecule has 0 aromatic rings. The molecule has 1 saturated heterocycles. The third-order valence-corrected chi connectivity index (χ3v) is 3.41. The van der Waals surface area contributed by atoms with Crippen LogP contribution in [0.2, 0.25) is 0 Å². The summed E-state index contributed by atoms with van der Waals surface area (Å²) in [5, 5.41) is 0. The minimum Gasteiger partial charge on any atom is -0.380 e. The average Bonchev–Trinajstić information content (AvgIpc) is 2.22. The lowest BCUT2D eigenvalue weighted by Gasteiger charge is -2.42. The lowest BCUT2D eigenvalue weighted by molar-refractivity contribution is 0.0258. The van der Waals surface area contributed by atoms with Gasteiger partial charge in [0.2, 0.25) is 0 Å². The van der Waals surface area contributed by atoms with Crippen LogP contribution in [0.3, 0.4) is 0 Å². The summed E-state index contributed by atoms with van der Waals surface area (Å²) in [6.45, 7) is 21.1. The summed E-state index contributed by atoms with van der Waals surface area (Å²) in [5.74, 6) is 0. The fourth-order valence-corrected chi connectivity index (χ4v) is 2.21. The van der Waals surface area contributed by atoms with Gasteiger partial charge in [-0.2, -0.15) is 0 Å². The molecule has 0 aliphatic carbocycles. The van der Waals surface area contributed by atoms with E-state index in [0.717, 1.165) is 19.8 Å².